The summed E-state index contributed by atoms with van der Waals surface area (Å²) < 4.78 is 0.761. The van der Waals surface area contributed by atoms with E-state index in [1.807, 2.05) is 24.1 Å². The summed E-state index contributed by atoms with van der Waals surface area (Å²) >= 11 is 3.38. The van der Waals surface area contributed by atoms with Crippen molar-refractivity contribution in [3.05, 3.63) is 28.5 Å². The van der Waals surface area contributed by atoms with Crippen LogP contribution in [0, 0.1) is 0 Å². The number of pyridine rings is 1. The Labute approximate surface area is 116 Å². The quantitative estimate of drug-likeness (QED) is 0.909. The summed E-state index contributed by atoms with van der Waals surface area (Å²) in [5.41, 5.74) is 0.656. The standard InChI is InChI=1S/C13H18BrN3O/c1-13(15-2)5-8-17(9-6-13)12(18)11-10(14)4-3-7-16-11/h3-4,7,15H,5-6,8-9H2,1-2H3. The minimum absolute atomic E-state index is 0.0145. The number of carbonyl (C=O) groups excluding carboxylic acids is 1. The first-order valence-corrected chi connectivity index (χ1v) is 6.94. The van der Waals surface area contributed by atoms with E-state index in [9.17, 15) is 4.79 Å². The van der Waals surface area contributed by atoms with Crippen LogP contribution in [0.4, 0.5) is 0 Å². The average molecular weight is 312 g/mol. The molecule has 1 aromatic rings. The molecule has 98 valence electrons. The van der Waals surface area contributed by atoms with Gasteiger partial charge in [-0.15, -0.1) is 0 Å². The average Bonchev–Trinajstić information content (AvgIpc) is 2.39. The molecule has 4 nitrogen and oxygen atoms in total. The van der Waals surface area contributed by atoms with Gasteiger partial charge >= 0.3 is 0 Å². The molecule has 1 aromatic heterocycles. The van der Waals surface area contributed by atoms with Crippen LogP contribution in [0.25, 0.3) is 0 Å². The second-order valence-corrected chi connectivity index (χ2v) is 5.79. The minimum Gasteiger partial charge on any atom is -0.337 e. The predicted molar refractivity (Wildman–Crippen MR) is 74.5 cm³/mol. The number of nitrogens with one attached hydrogen (secondary N) is 1. The number of piperidine rings is 1. The molecule has 0 bridgehead atoms. The molecular formula is C13H18BrN3O. The van der Waals surface area contributed by atoms with Gasteiger partial charge in [0.2, 0.25) is 0 Å². The van der Waals surface area contributed by atoms with E-state index in [0.29, 0.717) is 5.69 Å². The molecule has 0 radical (unpaired) electrons. The second-order valence-electron chi connectivity index (χ2n) is 4.94. The lowest BCUT2D eigenvalue weighted by atomic mass is 9.90. The molecule has 0 spiro atoms. The lowest BCUT2D eigenvalue weighted by Gasteiger charge is -2.39. The van der Waals surface area contributed by atoms with E-state index in [-0.39, 0.29) is 11.4 Å². The van der Waals surface area contributed by atoms with Crippen LogP contribution in [0.15, 0.2) is 22.8 Å². The van der Waals surface area contributed by atoms with Gasteiger partial charge in [-0.2, -0.15) is 0 Å². The summed E-state index contributed by atoms with van der Waals surface area (Å²) in [6, 6.07) is 3.66. The predicted octanol–water partition coefficient (Wildman–Crippen LogP) is 2.06. The number of rotatable bonds is 2. The van der Waals surface area contributed by atoms with E-state index in [1.54, 1.807) is 6.20 Å². The van der Waals surface area contributed by atoms with Gasteiger partial charge in [0.1, 0.15) is 5.69 Å². The maximum Gasteiger partial charge on any atom is 0.273 e. The maximum atomic E-state index is 12.3. The topological polar surface area (TPSA) is 45.2 Å². The summed E-state index contributed by atoms with van der Waals surface area (Å²) in [6.07, 6.45) is 3.60. The molecular weight excluding hydrogens is 294 g/mol. The van der Waals surface area contributed by atoms with Crippen molar-refractivity contribution >= 4 is 21.8 Å². The minimum atomic E-state index is 0.0145. The van der Waals surface area contributed by atoms with Gasteiger partial charge in [0.05, 0.1) is 0 Å². The van der Waals surface area contributed by atoms with Crippen molar-refractivity contribution < 1.29 is 4.79 Å². The Morgan fingerprint density at radius 1 is 1.50 bits per heavy atom. The van der Waals surface area contributed by atoms with E-state index in [0.717, 1.165) is 30.4 Å². The molecule has 0 unspecified atom stereocenters. The van der Waals surface area contributed by atoms with Crippen LogP contribution in [0.3, 0.4) is 0 Å². The molecule has 2 rings (SSSR count). The Kier molecular flexibility index (Phi) is 4.02. The Morgan fingerprint density at radius 3 is 2.72 bits per heavy atom. The van der Waals surface area contributed by atoms with Crippen molar-refractivity contribution in [3.8, 4) is 0 Å². The summed E-state index contributed by atoms with van der Waals surface area (Å²) in [7, 11) is 1.98. The molecule has 0 atom stereocenters. The molecule has 0 saturated carbocycles. The normalized spacial score (nSPS) is 18.7. The summed E-state index contributed by atoms with van der Waals surface area (Å²) in [5.74, 6) is 0.0145. The number of halogens is 1. The van der Waals surface area contributed by atoms with Gasteiger partial charge in [0.25, 0.3) is 5.91 Å². The molecule has 0 aliphatic carbocycles. The van der Waals surface area contributed by atoms with Crippen molar-refractivity contribution in [1.82, 2.24) is 15.2 Å². The fourth-order valence-electron chi connectivity index (χ4n) is 2.15. The van der Waals surface area contributed by atoms with Crippen molar-refractivity contribution in [1.29, 1.82) is 0 Å². The second kappa shape index (κ2) is 5.36. The van der Waals surface area contributed by atoms with E-state index in [4.69, 9.17) is 0 Å². The summed E-state index contributed by atoms with van der Waals surface area (Å²) in [6.45, 7) is 3.75. The monoisotopic (exact) mass is 311 g/mol. The van der Waals surface area contributed by atoms with Gasteiger partial charge in [0, 0.05) is 29.3 Å². The highest BCUT2D eigenvalue weighted by molar-refractivity contribution is 9.10. The zero-order valence-electron chi connectivity index (χ0n) is 10.7. The summed E-state index contributed by atoms with van der Waals surface area (Å²) in [4.78, 5) is 18.4. The Balaban J connectivity index is 2.07. The van der Waals surface area contributed by atoms with Gasteiger partial charge in [-0.3, -0.25) is 4.79 Å². The molecule has 1 aliphatic rings. The van der Waals surface area contributed by atoms with Gasteiger partial charge < -0.3 is 10.2 Å². The molecule has 1 amide bonds. The first kappa shape index (κ1) is 13.5. The molecule has 18 heavy (non-hydrogen) atoms. The van der Waals surface area contributed by atoms with Crippen LogP contribution in [0.5, 0.6) is 0 Å². The molecule has 1 N–H and O–H groups in total. The van der Waals surface area contributed by atoms with Crippen LogP contribution in [-0.2, 0) is 0 Å². The Hall–Kier alpha value is -0.940. The molecule has 2 heterocycles. The third-order valence-corrected chi connectivity index (χ3v) is 4.36. The molecule has 0 aromatic carbocycles. The number of hydrogen-bond donors (Lipinski definition) is 1. The zero-order chi connectivity index (χ0) is 13.2. The van der Waals surface area contributed by atoms with E-state index in [1.165, 1.54) is 0 Å². The SMILES string of the molecule is CNC1(C)CCN(C(=O)c2ncccc2Br)CC1. The number of aromatic nitrogens is 1. The number of nitrogens with zero attached hydrogens (tertiary/aromatic N) is 2. The number of hydrogen-bond acceptors (Lipinski definition) is 3. The highest BCUT2D eigenvalue weighted by Gasteiger charge is 2.31. The molecule has 5 heteroatoms. The van der Waals surface area contributed by atoms with E-state index < -0.39 is 0 Å². The summed E-state index contributed by atoms with van der Waals surface area (Å²) in [5, 5.41) is 3.33. The largest absolute Gasteiger partial charge is 0.337 e. The fraction of sp³-hybridized carbons (Fsp3) is 0.538. The number of carbonyl (C=O) groups is 1. The van der Waals surface area contributed by atoms with Crippen molar-refractivity contribution in [2.75, 3.05) is 20.1 Å². The van der Waals surface area contributed by atoms with Crippen LogP contribution >= 0.6 is 15.9 Å². The number of amides is 1. The van der Waals surface area contributed by atoms with Gasteiger partial charge in [0.15, 0.2) is 0 Å². The van der Waals surface area contributed by atoms with E-state index in [2.05, 4.69) is 33.2 Å². The zero-order valence-corrected chi connectivity index (χ0v) is 12.3. The van der Waals surface area contributed by atoms with Gasteiger partial charge in [-0.1, -0.05) is 0 Å². The van der Waals surface area contributed by atoms with Crippen molar-refractivity contribution in [3.63, 3.8) is 0 Å². The highest BCUT2D eigenvalue weighted by Crippen LogP contribution is 2.23. The fourth-order valence-corrected chi connectivity index (χ4v) is 2.57. The third kappa shape index (κ3) is 2.72. The molecule has 1 aliphatic heterocycles. The van der Waals surface area contributed by atoms with Crippen molar-refractivity contribution in [2.24, 2.45) is 0 Å². The van der Waals surface area contributed by atoms with Crippen LogP contribution in [0.1, 0.15) is 30.3 Å². The van der Waals surface area contributed by atoms with Gasteiger partial charge in [-0.25, -0.2) is 4.98 Å². The van der Waals surface area contributed by atoms with E-state index >= 15 is 0 Å². The molecule has 1 saturated heterocycles. The molecule has 1 fully saturated rings. The lowest BCUT2D eigenvalue weighted by Crippen LogP contribution is -2.51. The number of likely N-dealkylation sites (tertiary alicyclic amines) is 1. The Morgan fingerprint density at radius 2 is 2.17 bits per heavy atom. The van der Waals surface area contributed by atoms with Crippen LogP contribution in [0.2, 0.25) is 0 Å². The third-order valence-electron chi connectivity index (χ3n) is 3.72. The Bertz CT molecular complexity index is 442. The highest BCUT2D eigenvalue weighted by atomic mass is 79.9. The van der Waals surface area contributed by atoms with Gasteiger partial charge in [-0.05, 0) is 54.9 Å². The first-order valence-electron chi connectivity index (χ1n) is 6.14. The first-order chi connectivity index (χ1) is 8.56. The maximum absolute atomic E-state index is 12.3. The van der Waals surface area contributed by atoms with Crippen LogP contribution < -0.4 is 5.32 Å². The smallest absolute Gasteiger partial charge is 0.273 e. The van der Waals surface area contributed by atoms with Crippen LogP contribution in [-0.4, -0.2) is 41.5 Å². The lowest BCUT2D eigenvalue weighted by molar-refractivity contribution is 0.0655. The van der Waals surface area contributed by atoms with Crippen molar-refractivity contribution in [2.45, 2.75) is 25.3 Å².